The van der Waals surface area contributed by atoms with Crippen LogP contribution >= 0.6 is 0 Å². The molecule has 0 heterocycles. The van der Waals surface area contributed by atoms with Gasteiger partial charge in [0.25, 0.3) is 0 Å². The van der Waals surface area contributed by atoms with E-state index in [9.17, 15) is 8.42 Å². The van der Waals surface area contributed by atoms with Crippen molar-refractivity contribution in [3.05, 3.63) is 0 Å². The molecule has 0 saturated heterocycles. The molecular weight excluding hydrogens is 214 g/mol. The second kappa shape index (κ2) is 8.07. The maximum Gasteiger partial charge on any atom is 0.211 e. The van der Waals surface area contributed by atoms with E-state index in [1.54, 1.807) is 0 Å². The van der Waals surface area contributed by atoms with Crippen molar-refractivity contribution in [2.75, 3.05) is 18.9 Å². The molecule has 0 rings (SSSR count). The summed E-state index contributed by atoms with van der Waals surface area (Å²) in [5, 5.41) is 0. The van der Waals surface area contributed by atoms with E-state index in [2.05, 4.69) is 4.72 Å². The summed E-state index contributed by atoms with van der Waals surface area (Å²) >= 11 is 0. The van der Waals surface area contributed by atoms with Crippen LogP contribution in [-0.2, 0) is 14.8 Å². The summed E-state index contributed by atoms with van der Waals surface area (Å²) in [6.45, 7) is 6.98. The first kappa shape index (κ1) is 14.9. The smallest absolute Gasteiger partial charge is 0.211 e. The maximum atomic E-state index is 11.3. The molecule has 0 bridgehead atoms. The van der Waals surface area contributed by atoms with Gasteiger partial charge in [-0.15, -0.1) is 0 Å². The number of hydrogen-bond donors (Lipinski definition) is 1. The lowest BCUT2D eigenvalue weighted by Gasteiger charge is -2.08. The van der Waals surface area contributed by atoms with Crippen LogP contribution < -0.4 is 4.72 Å². The Balaban J connectivity index is 3.49. The van der Waals surface area contributed by atoms with Crippen molar-refractivity contribution in [3.63, 3.8) is 0 Å². The predicted molar refractivity (Wildman–Crippen MR) is 62.4 cm³/mol. The molecule has 0 unspecified atom stereocenters. The highest BCUT2D eigenvalue weighted by molar-refractivity contribution is 7.89. The normalized spacial score (nSPS) is 12.3. The van der Waals surface area contributed by atoms with Crippen LogP contribution in [0.3, 0.4) is 0 Å². The molecule has 15 heavy (non-hydrogen) atoms. The Morgan fingerprint density at radius 2 is 1.93 bits per heavy atom. The topological polar surface area (TPSA) is 55.4 Å². The number of nitrogens with one attached hydrogen (secondary N) is 1. The van der Waals surface area contributed by atoms with Gasteiger partial charge in [0.1, 0.15) is 0 Å². The minimum atomic E-state index is -3.05. The van der Waals surface area contributed by atoms with Gasteiger partial charge in [-0.1, -0.05) is 13.3 Å². The molecule has 0 aliphatic rings. The van der Waals surface area contributed by atoms with Gasteiger partial charge < -0.3 is 4.74 Å². The Labute approximate surface area is 93.4 Å². The first-order chi connectivity index (χ1) is 6.98. The second-order valence-electron chi connectivity index (χ2n) is 3.84. The quantitative estimate of drug-likeness (QED) is 0.619. The SMILES string of the molecule is CCCCS(=O)(=O)NCCCOC(C)C. The third kappa shape index (κ3) is 10.2. The van der Waals surface area contributed by atoms with E-state index in [4.69, 9.17) is 4.74 Å². The van der Waals surface area contributed by atoms with E-state index in [-0.39, 0.29) is 11.9 Å². The Bertz CT molecular complexity index is 237. The Morgan fingerprint density at radius 3 is 2.47 bits per heavy atom. The van der Waals surface area contributed by atoms with E-state index >= 15 is 0 Å². The Kier molecular flexibility index (Phi) is 8.00. The van der Waals surface area contributed by atoms with Crippen molar-refractivity contribution < 1.29 is 13.2 Å². The first-order valence-corrected chi connectivity index (χ1v) is 7.22. The largest absolute Gasteiger partial charge is 0.379 e. The van der Waals surface area contributed by atoms with Gasteiger partial charge in [-0.3, -0.25) is 0 Å². The fourth-order valence-corrected chi connectivity index (χ4v) is 2.29. The van der Waals surface area contributed by atoms with E-state index in [1.165, 1.54) is 0 Å². The second-order valence-corrected chi connectivity index (χ2v) is 5.77. The number of rotatable bonds is 9. The van der Waals surface area contributed by atoms with Crippen LogP contribution in [0.25, 0.3) is 0 Å². The molecule has 0 aromatic heterocycles. The highest BCUT2D eigenvalue weighted by Crippen LogP contribution is 1.94. The molecular formula is C10H23NO3S. The molecule has 0 spiro atoms. The number of ether oxygens (including phenoxy) is 1. The molecule has 0 radical (unpaired) electrons. The van der Waals surface area contributed by atoms with Gasteiger partial charge in [0.15, 0.2) is 0 Å². The third-order valence-corrected chi connectivity index (χ3v) is 3.33. The molecule has 0 amide bonds. The molecule has 0 aliphatic carbocycles. The molecule has 0 aromatic carbocycles. The molecule has 4 nitrogen and oxygen atoms in total. The van der Waals surface area contributed by atoms with Crippen LogP contribution in [0.1, 0.15) is 40.0 Å². The van der Waals surface area contributed by atoms with Crippen LogP contribution in [0.5, 0.6) is 0 Å². The summed E-state index contributed by atoms with van der Waals surface area (Å²) in [6, 6.07) is 0. The average molecular weight is 237 g/mol. The van der Waals surface area contributed by atoms with Gasteiger partial charge in [-0.25, -0.2) is 13.1 Å². The van der Waals surface area contributed by atoms with Crippen LogP contribution in [0.15, 0.2) is 0 Å². The summed E-state index contributed by atoms with van der Waals surface area (Å²) in [6.07, 6.45) is 2.56. The van der Waals surface area contributed by atoms with Crippen molar-refractivity contribution >= 4 is 10.0 Å². The monoisotopic (exact) mass is 237 g/mol. The van der Waals surface area contributed by atoms with E-state index in [1.807, 2.05) is 20.8 Å². The van der Waals surface area contributed by atoms with Crippen LogP contribution in [0, 0.1) is 0 Å². The highest BCUT2D eigenvalue weighted by atomic mass is 32.2. The lowest BCUT2D eigenvalue weighted by molar-refractivity contribution is 0.0778. The van der Waals surface area contributed by atoms with E-state index in [0.29, 0.717) is 13.2 Å². The fourth-order valence-electron chi connectivity index (χ4n) is 1.03. The standard InChI is InChI=1S/C10H23NO3S/c1-4-5-9-15(12,13)11-7-6-8-14-10(2)3/h10-11H,4-9H2,1-3H3. The van der Waals surface area contributed by atoms with Crippen LogP contribution in [0.2, 0.25) is 0 Å². The molecule has 0 aliphatic heterocycles. The summed E-state index contributed by atoms with van der Waals surface area (Å²) in [7, 11) is -3.05. The van der Waals surface area contributed by atoms with Crippen LogP contribution in [0.4, 0.5) is 0 Å². The zero-order valence-corrected chi connectivity index (χ0v) is 10.8. The summed E-state index contributed by atoms with van der Waals surface area (Å²) in [4.78, 5) is 0. The number of sulfonamides is 1. The summed E-state index contributed by atoms with van der Waals surface area (Å²) < 4.78 is 30.5. The molecule has 92 valence electrons. The summed E-state index contributed by atoms with van der Waals surface area (Å²) in [5.41, 5.74) is 0. The van der Waals surface area contributed by atoms with Gasteiger partial charge >= 0.3 is 0 Å². The van der Waals surface area contributed by atoms with Gasteiger partial charge in [-0.05, 0) is 26.7 Å². The number of unbranched alkanes of at least 4 members (excludes halogenated alkanes) is 1. The summed E-state index contributed by atoms with van der Waals surface area (Å²) in [5.74, 6) is 0.231. The fraction of sp³-hybridized carbons (Fsp3) is 1.00. The van der Waals surface area contributed by atoms with Gasteiger partial charge in [0.05, 0.1) is 11.9 Å². The Morgan fingerprint density at radius 1 is 1.27 bits per heavy atom. The zero-order chi connectivity index (χ0) is 11.7. The van der Waals surface area contributed by atoms with Crippen LogP contribution in [-0.4, -0.2) is 33.4 Å². The number of hydrogen-bond acceptors (Lipinski definition) is 3. The van der Waals surface area contributed by atoms with Gasteiger partial charge in [0, 0.05) is 13.2 Å². The predicted octanol–water partition coefficient (Wildman–Crippen LogP) is 1.52. The third-order valence-electron chi connectivity index (χ3n) is 1.86. The minimum Gasteiger partial charge on any atom is -0.379 e. The molecule has 0 atom stereocenters. The van der Waals surface area contributed by atoms with Crippen molar-refractivity contribution in [2.24, 2.45) is 0 Å². The van der Waals surface area contributed by atoms with Crippen molar-refractivity contribution in [1.82, 2.24) is 4.72 Å². The molecule has 1 N–H and O–H groups in total. The average Bonchev–Trinajstić information content (AvgIpc) is 2.14. The highest BCUT2D eigenvalue weighted by Gasteiger charge is 2.07. The first-order valence-electron chi connectivity index (χ1n) is 5.57. The van der Waals surface area contributed by atoms with Crippen molar-refractivity contribution in [1.29, 1.82) is 0 Å². The molecule has 0 aromatic rings. The van der Waals surface area contributed by atoms with E-state index in [0.717, 1.165) is 19.3 Å². The zero-order valence-electron chi connectivity index (χ0n) is 9.95. The maximum absolute atomic E-state index is 11.3. The lowest BCUT2D eigenvalue weighted by atomic mass is 10.4. The Hall–Kier alpha value is -0.130. The van der Waals surface area contributed by atoms with Crippen molar-refractivity contribution in [3.8, 4) is 0 Å². The van der Waals surface area contributed by atoms with Crippen molar-refractivity contribution in [2.45, 2.75) is 46.1 Å². The van der Waals surface area contributed by atoms with Gasteiger partial charge in [-0.2, -0.15) is 0 Å². The molecule has 0 fully saturated rings. The van der Waals surface area contributed by atoms with E-state index < -0.39 is 10.0 Å². The molecule has 5 heteroatoms. The lowest BCUT2D eigenvalue weighted by Crippen LogP contribution is -2.28. The minimum absolute atomic E-state index is 0.210. The molecule has 0 saturated carbocycles. The van der Waals surface area contributed by atoms with Gasteiger partial charge in [0.2, 0.25) is 10.0 Å².